The predicted octanol–water partition coefficient (Wildman–Crippen LogP) is 2.49. The molecule has 23 heavy (non-hydrogen) atoms. The summed E-state index contributed by atoms with van der Waals surface area (Å²) in [7, 11) is 0. The molecule has 0 N–H and O–H groups in total. The van der Waals surface area contributed by atoms with Gasteiger partial charge in [-0.25, -0.2) is 0 Å². The molecule has 3 heterocycles. The van der Waals surface area contributed by atoms with Crippen LogP contribution in [0.5, 0.6) is 0 Å². The summed E-state index contributed by atoms with van der Waals surface area (Å²) in [6, 6.07) is 0. The van der Waals surface area contributed by atoms with E-state index in [9.17, 15) is 0 Å². The van der Waals surface area contributed by atoms with E-state index in [0.717, 1.165) is 69.6 Å². The van der Waals surface area contributed by atoms with Crippen molar-refractivity contribution in [1.82, 2.24) is 15.0 Å². The molecule has 6 heteroatoms. The molecule has 6 nitrogen and oxygen atoms in total. The first-order chi connectivity index (χ1) is 11.2. The number of aryl methyl sites for hydroxylation is 1. The van der Waals surface area contributed by atoms with Crippen LogP contribution in [0.25, 0.3) is 0 Å². The Morgan fingerprint density at radius 2 is 1.78 bits per heavy atom. The third-order valence-electron chi connectivity index (χ3n) is 5.68. The Morgan fingerprint density at radius 3 is 2.39 bits per heavy atom. The van der Waals surface area contributed by atoms with Crippen molar-refractivity contribution in [1.29, 1.82) is 0 Å². The van der Waals surface area contributed by atoms with Gasteiger partial charge in [0.05, 0.1) is 13.2 Å². The number of likely N-dealkylation sites (tertiary alicyclic amines) is 1. The van der Waals surface area contributed by atoms with Gasteiger partial charge in [0, 0.05) is 25.3 Å². The first-order valence-corrected chi connectivity index (χ1v) is 9.03. The average Bonchev–Trinajstić information content (AvgIpc) is 3.20. The van der Waals surface area contributed by atoms with Crippen LogP contribution in [0.4, 0.5) is 0 Å². The van der Waals surface area contributed by atoms with Crippen LogP contribution >= 0.6 is 0 Å². The van der Waals surface area contributed by atoms with Crippen molar-refractivity contribution in [2.24, 2.45) is 5.92 Å². The van der Waals surface area contributed by atoms with Gasteiger partial charge in [0.25, 0.3) is 0 Å². The number of aromatic nitrogens is 2. The zero-order chi connectivity index (χ0) is 15.7. The summed E-state index contributed by atoms with van der Waals surface area (Å²) in [5.74, 6) is 2.59. The van der Waals surface area contributed by atoms with E-state index in [-0.39, 0.29) is 5.79 Å². The highest BCUT2D eigenvalue weighted by Crippen LogP contribution is 2.39. The smallest absolute Gasteiger partial charge is 0.229 e. The fraction of sp³-hybridized carbons (Fsp3) is 0.882. The minimum atomic E-state index is -0.223. The van der Waals surface area contributed by atoms with Gasteiger partial charge >= 0.3 is 0 Å². The summed E-state index contributed by atoms with van der Waals surface area (Å²) in [6.07, 6.45) is 6.84. The molecule has 0 radical (unpaired) electrons. The van der Waals surface area contributed by atoms with E-state index in [1.807, 2.05) is 6.92 Å². The Hall–Kier alpha value is -0.980. The van der Waals surface area contributed by atoms with Crippen LogP contribution in [0.15, 0.2) is 4.52 Å². The topological polar surface area (TPSA) is 60.6 Å². The number of piperidine rings is 1. The molecule has 0 bridgehead atoms. The van der Waals surface area contributed by atoms with E-state index in [2.05, 4.69) is 15.0 Å². The van der Waals surface area contributed by atoms with E-state index in [0.29, 0.717) is 5.92 Å². The second kappa shape index (κ2) is 6.49. The normalized spacial score (nSPS) is 27.0. The third-order valence-corrected chi connectivity index (χ3v) is 5.68. The molecule has 3 aliphatic rings. The average molecular weight is 321 g/mol. The number of hydrogen-bond acceptors (Lipinski definition) is 6. The highest BCUT2D eigenvalue weighted by atomic mass is 16.7. The Bertz CT molecular complexity index is 509. The molecule has 1 aliphatic carbocycles. The van der Waals surface area contributed by atoms with Crippen molar-refractivity contribution in [3.8, 4) is 0 Å². The summed E-state index contributed by atoms with van der Waals surface area (Å²) in [6.45, 7) is 6.92. The highest BCUT2D eigenvalue weighted by molar-refractivity contribution is 4.96. The van der Waals surface area contributed by atoms with Gasteiger partial charge < -0.3 is 18.9 Å². The molecule has 0 amide bonds. The molecule has 4 rings (SSSR count). The van der Waals surface area contributed by atoms with Gasteiger partial charge in [0.1, 0.15) is 0 Å². The van der Waals surface area contributed by atoms with Crippen LogP contribution in [-0.4, -0.2) is 53.7 Å². The second-order valence-electron chi connectivity index (χ2n) is 7.31. The molecule has 2 saturated heterocycles. The molecule has 1 aromatic heterocycles. The first-order valence-electron chi connectivity index (χ1n) is 9.03. The maximum absolute atomic E-state index is 5.83. The van der Waals surface area contributed by atoms with Crippen LogP contribution in [0.2, 0.25) is 0 Å². The molecule has 2 aliphatic heterocycles. The van der Waals surface area contributed by atoms with Gasteiger partial charge in [0.2, 0.25) is 5.89 Å². The van der Waals surface area contributed by atoms with Gasteiger partial charge in [-0.05, 0) is 51.6 Å². The van der Waals surface area contributed by atoms with Crippen LogP contribution in [-0.2, 0) is 9.47 Å². The summed E-state index contributed by atoms with van der Waals surface area (Å²) >= 11 is 0. The van der Waals surface area contributed by atoms with Crippen LogP contribution in [0.1, 0.15) is 56.2 Å². The molecule has 1 saturated carbocycles. The Balaban J connectivity index is 1.22. The number of rotatable bonds is 3. The highest BCUT2D eigenvalue weighted by Gasteiger charge is 2.40. The van der Waals surface area contributed by atoms with E-state index >= 15 is 0 Å². The lowest BCUT2D eigenvalue weighted by molar-refractivity contribution is -0.183. The van der Waals surface area contributed by atoms with Crippen molar-refractivity contribution < 1.29 is 14.0 Å². The SMILES string of the molecule is Cc1noc(C2CCN(CC3CCC4(CC3)OCCO4)CC2)n1. The largest absolute Gasteiger partial charge is 0.348 e. The monoisotopic (exact) mass is 321 g/mol. The molecule has 1 aromatic rings. The molecule has 128 valence electrons. The van der Waals surface area contributed by atoms with Crippen LogP contribution < -0.4 is 0 Å². The van der Waals surface area contributed by atoms with E-state index < -0.39 is 0 Å². The lowest BCUT2D eigenvalue weighted by Crippen LogP contribution is -2.41. The summed E-state index contributed by atoms with van der Waals surface area (Å²) in [5.41, 5.74) is 0. The van der Waals surface area contributed by atoms with Gasteiger partial charge in [-0.2, -0.15) is 4.98 Å². The maximum Gasteiger partial charge on any atom is 0.229 e. The van der Waals surface area contributed by atoms with Gasteiger partial charge in [0.15, 0.2) is 11.6 Å². The fourth-order valence-electron chi connectivity index (χ4n) is 4.29. The van der Waals surface area contributed by atoms with Crippen molar-refractivity contribution >= 4 is 0 Å². The van der Waals surface area contributed by atoms with Crippen molar-refractivity contribution in [2.45, 2.75) is 57.2 Å². The predicted molar refractivity (Wildman–Crippen MR) is 84.0 cm³/mol. The number of hydrogen-bond donors (Lipinski definition) is 0. The Labute approximate surface area is 137 Å². The standard InChI is InChI=1S/C17H27N3O3/c1-13-18-16(23-19-13)15-4-8-20(9-5-15)12-14-2-6-17(7-3-14)21-10-11-22-17/h14-15H,2-12H2,1H3. The Morgan fingerprint density at radius 1 is 1.09 bits per heavy atom. The lowest BCUT2D eigenvalue weighted by atomic mass is 9.84. The molecule has 3 fully saturated rings. The molecule has 0 aromatic carbocycles. The van der Waals surface area contributed by atoms with E-state index in [1.54, 1.807) is 0 Å². The summed E-state index contributed by atoms with van der Waals surface area (Å²) in [5, 5.41) is 3.92. The third kappa shape index (κ3) is 3.44. The van der Waals surface area contributed by atoms with Crippen molar-refractivity contribution in [3.05, 3.63) is 11.7 Å². The van der Waals surface area contributed by atoms with Crippen LogP contribution in [0.3, 0.4) is 0 Å². The number of ether oxygens (including phenoxy) is 2. The Kier molecular flexibility index (Phi) is 4.39. The molecular formula is C17H27N3O3. The van der Waals surface area contributed by atoms with Crippen molar-refractivity contribution in [3.63, 3.8) is 0 Å². The van der Waals surface area contributed by atoms with Gasteiger partial charge in [-0.1, -0.05) is 5.16 Å². The summed E-state index contributed by atoms with van der Waals surface area (Å²) < 4.78 is 17.0. The van der Waals surface area contributed by atoms with E-state index in [1.165, 1.54) is 19.4 Å². The fourth-order valence-corrected chi connectivity index (χ4v) is 4.29. The minimum Gasteiger partial charge on any atom is -0.348 e. The quantitative estimate of drug-likeness (QED) is 0.852. The zero-order valence-corrected chi connectivity index (χ0v) is 14.0. The summed E-state index contributed by atoms with van der Waals surface area (Å²) in [4.78, 5) is 7.00. The molecule has 0 unspecified atom stereocenters. The molecule has 0 atom stereocenters. The maximum atomic E-state index is 5.83. The minimum absolute atomic E-state index is 0.223. The van der Waals surface area contributed by atoms with Crippen LogP contribution in [0, 0.1) is 12.8 Å². The second-order valence-corrected chi connectivity index (χ2v) is 7.31. The lowest BCUT2D eigenvalue weighted by Gasteiger charge is -2.38. The van der Waals surface area contributed by atoms with E-state index in [4.69, 9.17) is 14.0 Å². The molecule has 1 spiro atoms. The zero-order valence-electron chi connectivity index (χ0n) is 14.0. The molecular weight excluding hydrogens is 294 g/mol. The van der Waals surface area contributed by atoms with Crippen molar-refractivity contribution in [2.75, 3.05) is 32.8 Å². The number of nitrogens with zero attached hydrogens (tertiary/aromatic N) is 3. The van der Waals surface area contributed by atoms with Gasteiger partial charge in [-0.3, -0.25) is 0 Å². The van der Waals surface area contributed by atoms with Gasteiger partial charge in [-0.15, -0.1) is 0 Å². The first kappa shape index (κ1) is 15.5.